The molecule has 0 spiro atoms. The summed E-state index contributed by atoms with van der Waals surface area (Å²) in [5.74, 6) is 1.20. The summed E-state index contributed by atoms with van der Waals surface area (Å²) in [6.45, 7) is 2.44. The van der Waals surface area contributed by atoms with Crippen LogP contribution in [-0.4, -0.2) is 57.5 Å². The summed E-state index contributed by atoms with van der Waals surface area (Å²) < 4.78 is 37.4. The zero-order valence-electron chi connectivity index (χ0n) is 13.4. The van der Waals surface area contributed by atoms with Crippen molar-refractivity contribution in [2.45, 2.75) is 13.5 Å². The Kier molecular flexibility index (Phi) is 5.45. The van der Waals surface area contributed by atoms with Crippen LogP contribution in [0.5, 0.6) is 11.5 Å². The predicted molar refractivity (Wildman–Crippen MR) is 84.3 cm³/mol. The van der Waals surface area contributed by atoms with E-state index in [0.717, 1.165) is 9.87 Å². The van der Waals surface area contributed by atoms with Gasteiger partial charge in [-0.3, -0.25) is 4.79 Å². The van der Waals surface area contributed by atoms with E-state index in [1.807, 2.05) is 12.1 Å². The topological polar surface area (TPSA) is 88.2 Å². The highest BCUT2D eigenvalue weighted by Crippen LogP contribution is 2.32. The molecule has 9 heteroatoms. The fourth-order valence-electron chi connectivity index (χ4n) is 2.05. The average Bonchev–Trinajstić information content (AvgIpc) is 2.93. The van der Waals surface area contributed by atoms with E-state index in [9.17, 15) is 13.2 Å². The third-order valence-corrected chi connectivity index (χ3v) is 4.93. The van der Waals surface area contributed by atoms with Gasteiger partial charge in [0.05, 0.1) is 0 Å². The Bertz CT molecular complexity index is 675. The SMILES string of the molecule is CC(=O)N(CCNS(=O)(=O)N(C)C)Cc1ccc2c(c1)OCO2. The lowest BCUT2D eigenvalue weighted by Gasteiger charge is -2.22. The average molecular weight is 343 g/mol. The molecule has 1 aliphatic heterocycles. The summed E-state index contributed by atoms with van der Waals surface area (Å²) in [5.41, 5.74) is 0.889. The van der Waals surface area contributed by atoms with E-state index in [0.29, 0.717) is 18.0 Å². The molecule has 0 aliphatic carbocycles. The highest BCUT2D eigenvalue weighted by molar-refractivity contribution is 7.87. The number of benzene rings is 1. The summed E-state index contributed by atoms with van der Waals surface area (Å²) in [5, 5.41) is 0. The van der Waals surface area contributed by atoms with Crippen LogP contribution < -0.4 is 14.2 Å². The van der Waals surface area contributed by atoms with Gasteiger partial charge in [0.15, 0.2) is 11.5 Å². The number of amides is 1. The molecule has 0 atom stereocenters. The van der Waals surface area contributed by atoms with Crippen LogP contribution in [0, 0.1) is 0 Å². The van der Waals surface area contributed by atoms with Crippen LogP contribution in [0.4, 0.5) is 0 Å². The van der Waals surface area contributed by atoms with Crippen molar-refractivity contribution < 1.29 is 22.7 Å². The zero-order chi connectivity index (χ0) is 17.0. The van der Waals surface area contributed by atoms with Crippen LogP contribution in [0.1, 0.15) is 12.5 Å². The Balaban J connectivity index is 1.95. The Morgan fingerprint density at radius 1 is 1.26 bits per heavy atom. The van der Waals surface area contributed by atoms with Crippen LogP contribution in [-0.2, 0) is 21.5 Å². The number of hydrogen-bond donors (Lipinski definition) is 1. The maximum atomic E-state index is 11.8. The van der Waals surface area contributed by atoms with E-state index in [1.165, 1.54) is 21.0 Å². The fraction of sp³-hybridized carbons (Fsp3) is 0.500. The number of rotatable bonds is 7. The first-order valence-corrected chi connectivity index (χ1v) is 8.55. The van der Waals surface area contributed by atoms with Crippen molar-refractivity contribution in [3.63, 3.8) is 0 Å². The smallest absolute Gasteiger partial charge is 0.278 e. The molecule has 0 bridgehead atoms. The Hall–Kier alpha value is -1.84. The quantitative estimate of drug-likeness (QED) is 0.762. The minimum Gasteiger partial charge on any atom is -0.454 e. The van der Waals surface area contributed by atoms with Crippen molar-refractivity contribution in [1.82, 2.24) is 13.9 Å². The molecular formula is C14H21N3O5S. The van der Waals surface area contributed by atoms with E-state index in [2.05, 4.69) is 4.72 Å². The molecule has 128 valence electrons. The molecule has 1 amide bonds. The molecule has 1 heterocycles. The maximum absolute atomic E-state index is 11.8. The number of carbonyl (C=O) groups excluding carboxylic acids is 1. The van der Waals surface area contributed by atoms with Crippen molar-refractivity contribution in [2.75, 3.05) is 34.0 Å². The predicted octanol–water partition coefficient (Wildman–Crippen LogP) is 0.160. The monoisotopic (exact) mass is 343 g/mol. The summed E-state index contributed by atoms with van der Waals surface area (Å²) in [6.07, 6.45) is 0. The van der Waals surface area contributed by atoms with Gasteiger partial charge in [0, 0.05) is 40.7 Å². The lowest BCUT2D eigenvalue weighted by molar-refractivity contribution is -0.129. The first kappa shape index (κ1) is 17.5. The van der Waals surface area contributed by atoms with Gasteiger partial charge in [-0.05, 0) is 17.7 Å². The van der Waals surface area contributed by atoms with Crippen molar-refractivity contribution in [2.24, 2.45) is 0 Å². The molecule has 23 heavy (non-hydrogen) atoms. The second kappa shape index (κ2) is 7.16. The zero-order valence-corrected chi connectivity index (χ0v) is 14.2. The van der Waals surface area contributed by atoms with E-state index in [4.69, 9.17) is 9.47 Å². The lowest BCUT2D eigenvalue weighted by atomic mass is 10.2. The van der Waals surface area contributed by atoms with Gasteiger partial charge < -0.3 is 14.4 Å². The highest BCUT2D eigenvalue weighted by Gasteiger charge is 2.17. The molecular weight excluding hydrogens is 322 g/mol. The molecule has 1 N–H and O–H groups in total. The summed E-state index contributed by atoms with van der Waals surface area (Å²) in [4.78, 5) is 13.3. The molecule has 0 saturated carbocycles. The van der Waals surface area contributed by atoms with E-state index < -0.39 is 10.2 Å². The molecule has 1 aliphatic rings. The summed E-state index contributed by atoms with van der Waals surface area (Å²) >= 11 is 0. The first-order valence-electron chi connectivity index (χ1n) is 7.11. The first-order chi connectivity index (χ1) is 10.8. The third-order valence-electron chi connectivity index (χ3n) is 3.40. The molecule has 1 aromatic carbocycles. The van der Waals surface area contributed by atoms with Gasteiger partial charge in [-0.15, -0.1) is 0 Å². The number of nitrogens with zero attached hydrogens (tertiary/aromatic N) is 2. The Morgan fingerprint density at radius 3 is 2.61 bits per heavy atom. The van der Waals surface area contributed by atoms with Gasteiger partial charge in [0.1, 0.15) is 0 Å². The number of fused-ring (bicyclic) bond motifs is 1. The third kappa shape index (κ3) is 4.57. The fourth-order valence-corrected chi connectivity index (χ4v) is 2.65. The molecule has 0 radical (unpaired) electrons. The van der Waals surface area contributed by atoms with Crippen LogP contribution >= 0.6 is 0 Å². The molecule has 0 saturated heterocycles. The number of carbonyl (C=O) groups is 1. The Labute approximate surface area is 136 Å². The normalized spacial score (nSPS) is 13.4. The minimum atomic E-state index is -3.49. The van der Waals surface area contributed by atoms with Crippen LogP contribution in [0.3, 0.4) is 0 Å². The number of ether oxygens (including phenoxy) is 2. The van der Waals surface area contributed by atoms with E-state index >= 15 is 0 Å². The molecule has 0 unspecified atom stereocenters. The van der Waals surface area contributed by atoms with Crippen molar-refractivity contribution in [3.8, 4) is 11.5 Å². The second-order valence-corrected chi connectivity index (χ2v) is 7.28. The number of nitrogens with one attached hydrogen (secondary N) is 1. The van der Waals surface area contributed by atoms with E-state index in [1.54, 1.807) is 11.0 Å². The van der Waals surface area contributed by atoms with Gasteiger partial charge in [0.2, 0.25) is 12.7 Å². The van der Waals surface area contributed by atoms with E-state index in [-0.39, 0.29) is 25.8 Å². The lowest BCUT2D eigenvalue weighted by Crippen LogP contribution is -2.41. The molecule has 2 rings (SSSR count). The molecule has 1 aromatic rings. The standard InChI is InChI=1S/C14H21N3O5S/c1-11(18)17(7-6-15-23(19,20)16(2)3)9-12-4-5-13-14(8-12)22-10-21-13/h4-5,8,15H,6-7,9-10H2,1-3H3. The summed E-state index contributed by atoms with van der Waals surface area (Å²) in [6, 6.07) is 5.47. The van der Waals surface area contributed by atoms with Gasteiger partial charge >= 0.3 is 0 Å². The van der Waals surface area contributed by atoms with Crippen LogP contribution in [0.25, 0.3) is 0 Å². The minimum absolute atomic E-state index is 0.133. The highest BCUT2D eigenvalue weighted by atomic mass is 32.2. The Morgan fingerprint density at radius 2 is 1.96 bits per heavy atom. The van der Waals surface area contributed by atoms with Crippen molar-refractivity contribution >= 4 is 16.1 Å². The summed E-state index contributed by atoms with van der Waals surface area (Å²) in [7, 11) is -0.607. The molecule has 0 fully saturated rings. The van der Waals surface area contributed by atoms with Crippen molar-refractivity contribution in [3.05, 3.63) is 23.8 Å². The van der Waals surface area contributed by atoms with Crippen LogP contribution in [0.15, 0.2) is 18.2 Å². The van der Waals surface area contributed by atoms with Crippen molar-refractivity contribution in [1.29, 1.82) is 0 Å². The maximum Gasteiger partial charge on any atom is 0.278 e. The van der Waals surface area contributed by atoms with Gasteiger partial charge in [-0.1, -0.05) is 6.07 Å². The molecule has 8 nitrogen and oxygen atoms in total. The largest absolute Gasteiger partial charge is 0.454 e. The number of hydrogen-bond acceptors (Lipinski definition) is 5. The van der Waals surface area contributed by atoms with Gasteiger partial charge in [0.25, 0.3) is 10.2 Å². The second-order valence-electron chi connectivity index (χ2n) is 5.31. The van der Waals surface area contributed by atoms with Crippen LogP contribution in [0.2, 0.25) is 0 Å². The van der Waals surface area contributed by atoms with Gasteiger partial charge in [-0.25, -0.2) is 4.72 Å². The molecule has 0 aromatic heterocycles. The van der Waals surface area contributed by atoms with Gasteiger partial charge in [-0.2, -0.15) is 12.7 Å².